The van der Waals surface area contributed by atoms with Crippen LogP contribution in [-0.2, 0) is 6.54 Å². The summed E-state index contributed by atoms with van der Waals surface area (Å²) >= 11 is 3.14. The summed E-state index contributed by atoms with van der Waals surface area (Å²) in [4.78, 5) is 2.06. The third-order valence-electron chi connectivity index (χ3n) is 3.01. The number of nitrogens with two attached hydrogens (primary N) is 1. The highest BCUT2D eigenvalue weighted by atomic mass is 79.9. The minimum absolute atomic E-state index is 0.296. The van der Waals surface area contributed by atoms with Gasteiger partial charge in [0.25, 0.3) is 0 Å². The van der Waals surface area contributed by atoms with Gasteiger partial charge in [-0.25, -0.2) is 4.39 Å². The van der Waals surface area contributed by atoms with Crippen LogP contribution in [0.4, 0.5) is 15.8 Å². The number of halogens is 2. The summed E-state index contributed by atoms with van der Waals surface area (Å²) in [5.41, 5.74) is 8.46. The van der Waals surface area contributed by atoms with Gasteiger partial charge in [-0.05, 0) is 34.5 Å². The number of hydrogen-bond donors (Lipinski definition) is 1. The summed E-state index contributed by atoms with van der Waals surface area (Å²) in [7, 11) is 0. The molecule has 0 heterocycles. The number of nitrogen functional groups attached to an aromatic ring is 1. The average molecular weight is 323 g/mol. The van der Waals surface area contributed by atoms with E-state index >= 15 is 0 Å². The van der Waals surface area contributed by atoms with Crippen LogP contribution in [0.2, 0.25) is 0 Å². The molecular weight excluding hydrogens is 307 g/mol. The van der Waals surface area contributed by atoms with Gasteiger partial charge in [-0.3, -0.25) is 0 Å². The molecule has 0 aliphatic carbocycles. The molecule has 0 radical (unpaired) electrons. The summed E-state index contributed by atoms with van der Waals surface area (Å²) in [5.74, 6) is -0.296. The van der Waals surface area contributed by atoms with Crippen LogP contribution < -0.4 is 10.6 Å². The lowest BCUT2D eigenvalue weighted by atomic mass is 10.2. The van der Waals surface area contributed by atoms with Gasteiger partial charge in [0.05, 0.1) is 15.8 Å². The van der Waals surface area contributed by atoms with Crippen LogP contribution in [0.5, 0.6) is 0 Å². The Morgan fingerprint density at radius 2 is 1.89 bits per heavy atom. The molecule has 100 valence electrons. The molecule has 0 aliphatic rings. The van der Waals surface area contributed by atoms with E-state index in [1.807, 2.05) is 37.3 Å². The Bertz CT molecular complexity index is 558. The van der Waals surface area contributed by atoms with Crippen LogP contribution in [0.25, 0.3) is 0 Å². The van der Waals surface area contributed by atoms with Crippen LogP contribution in [0.3, 0.4) is 0 Å². The lowest BCUT2D eigenvalue weighted by Crippen LogP contribution is -2.23. The standard InChI is InChI=1S/C15H16BrFN2/c1-2-19(10-11-6-4-3-5-7-11)15-9-13(17)12(16)8-14(15)18/h3-9H,2,10,18H2,1H3. The summed E-state index contributed by atoms with van der Waals surface area (Å²) in [6.07, 6.45) is 0. The second-order valence-electron chi connectivity index (χ2n) is 4.32. The van der Waals surface area contributed by atoms with Crippen molar-refractivity contribution in [3.8, 4) is 0 Å². The molecule has 4 heteroatoms. The molecule has 2 aromatic rings. The Morgan fingerprint density at radius 1 is 1.21 bits per heavy atom. The molecule has 0 saturated heterocycles. The van der Waals surface area contributed by atoms with Crippen molar-refractivity contribution in [3.63, 3.8) is 0 Å². The predicted octanol–water partition coefficient (Wildman–Crippen LogP) is 4.20. The van der Waals surface area contributed by atoms with Crippen molar-refractivity contribution >= 4 is 27.3 Å². The van der Waals surface area contributed by atoms with Crippen LogP contribution >= 0.6 is 15.9 Å². The van der Waals surface area contributed by atoms with Gasteiger partial charge in [0.2, 0.25) is 0 Å². The fourth-order valence-electron chi connectivity index (χ4n) is 2.00. The second-order valence-corrected chi connectivity index (χ2v) is 5.18. The maximum absolute atomic E-state index is 13.7. The quantitative estimate of drug-likeness (QED) is 0.855. The third kappa shape index (κ3) is 3.26. The average Bonchev–Trinajstić information content (AvgIpc) is 2.42. The van der Waals surface area contributed by atoms with E-state index in [9.17, 15) is 4.39 Å². The van der Waals surface area contributed by atoms with Crippen molar-refractivity contribution < 1.29 is 4.39 Å². The van der Waals surface area contributed by atoms with E-state index in [0.717, 1.165) is 12.2 Å². The maximum Gasteiger partial charge on any atom is 0.139 e. The summed E-state index contributed by atoms with van der Waals surface area (Å²) in [6, 6.07) is 13.2. The van der Waals surface area contributed by atoms with Crippen molar-refractivity contribution in [1.29, 1.82) is 0 Å². The van der Waals surface area contributed by atoms with Gasteiger partial charge in [-0.1, -0.05) is 30.3 Å². The van der Waals surface area contributed by atoms with E-state index in [-0.39, 0.29) is 5.82 Å². The highest BCUT2D eigenvalue weighted by molar-refractivity contribution is 9.10. The molecule has 0 aromatic heterocycles. The first-order chi connectivity index (χ1) is 9.11. The normalized spacial score (nSPS) is 10.5. The van der Waals surface area contributed by atoms with Crippen LogP contribution in [0.1, 0.15) is 12.5 Å². The molecule has 0 spiro atoms. The van der Waals surface area contributed by atoms with Crippen molar-refractivity contribution in [2.45, 2.75) is 13.5 Å². The number of benzene rings is 2. The molecule has 2 rings (SSSR count). The van der Waals surface area contributed by atoms with E-state index in [1.165, 1.54) is 11.6 Å². The van der Waals surface area contributed by atoms with Crippen molar-refractivity contribution in [3.05, 3.63) is 58.3 Å². The van der Waals surface area contributed by atoms with E-state index in [2.05, 4.69) is 20.8 Å². The highest BCUT2D eigenvalue weighted by Crippen LogP contribution is 2.30. The van der Waals surface area contributed by atoms with E-state index in [4.69, 9.17) is 5.73 Å². The first kappa shape index (κ1) is 13.9. The van der Waals surface area contributed by atoms with Crippen LogP contribution in [-0.4, -0.2) is 6.54 Å². The topological polar surface area (TPSA) is 29.3 Å². The van der Waals surface area contributed by atoms with Gasteiger partial charge in [0.1, 0.15) is 5.82 Å². The zero-order valence-corrected chi connectivity index (χ0v) is 12.3. The number of hydrogen-bond acceptors (Lipinski definition) is 2. The molecule has 0 unspecified atom stereocenters. The lowest BCUT2D eigenvalue weighted by Gasteiger charge is -2.25. The summed E-state index contributed by atoms with van der Waals surface area (Å²) in [6.45, 7) is 3.51. The zero-order chi connectivity index (χ0) is 13.8. The molecule has 2 nitrogen and oxygen atoms in total. The van der Waals surface area contributed by atoms with Gasteiger partial charge in [-0.15, -0.1) is 0 Å². The predicted molar refractivity (Wildman–Crippen MR) is 81.7 cm³/mol. The number of anilines is 2. The molecular formula is C15H16BrFN2. The largest absolute Gasteiger partial charge is 0.397 e. The van der Waals surface area contributed by atoms with Crippen molar-refractivity contribution in [2.75, 3.05) is 17.2 Å². The molecule has 0 fully saturated rings. The summed E-state index contributed by atoms with van der Waals surface area (Å²) < 4.78 is 14.1. The molecule has 0 aliphatic heterocycles. The Hall–Kier alpha value is -1.55. The molecule has 0 bridgehead atoms. The first-order valence-electron chi connectivity index (χ1n) is 6.15. The highest BCUT2D eigenvalue weighted by Gasteiger charge is 2.12. The van der Waals surface area contributed by atoms with Gasteiger partial charge >= 0.3 is 0 Å². The lowest BCUT2D eigenvalue weighted by molar-refractivity contribution is 0.620. The summed E-state index contributed by atoms with van der Waals surface area (Å²) in [5, 5.41) is 0. The van der Waals surface area contributed by atoms with Gasteiger partial charge in [0, 0.05) is 19.2 Å². The zero-order valence-electron chi connectivity index (χ0n) is 10.7. The molecule has 2 N–H and O–H groups in total. The Kier molecular flexibility index (Phi) is 4.43. The third-order valence-corrected chi connectivity index (χ3v) is 3.62. The van der Waals surface area contributed by atoms with Crippen LogP contribution in [0.15, 0.2) is 46.9 Å². The Balaban J connectivity index is 2.30. The van der Waals surface area contributed by atoms with Crippen molar-refractivity contribution in [2.24, 2.45) is 0 Å². The monoisotopic (exact) mass is 322 g/mol. The fraction of sp³-hybridized carbons (Fsp3) is 0.200. The smallest absolute Gasteiger partial charge is 0.139 e. The van der Waals surface area contributed by atoms with E-state index < -0.39 is 0 Å². The van der Waals surface area contributed by atoms with Crippen molar-refractivity contribution in [1.82, 2.24) is 0 Å². The van der Waals surface area contributed by atoms with Gasteiger partial charge < -0.3 is 10.6 Å². The maximum atomic E-state index is 13.7. The molecule has 0 amide bonds. The molecule has 19 heavy (non-hydrogen) atoms. The number of nitrogens with zero attached hydrogens (tertiary/aromatic N) is 1. The Labute approximate surface area is 121 Å². The first-order valence-corrected chi connectivity index (χ1v) is 6.94. The number of rotatable bonds is 4. The van der Waals surface area contributed by atoms with Gasteiger partial charge in [0.15, 0.2) is 0 Å². The fourth-order valence-corrected chi connectivity index (χ4v) is 2.36. The minimum atomic E-state index is -0.296. The minimum Gasteiger partial charge on any atom is -0.397 e. The van der Waals surface area contributed by atoms with E-state index in [0.29, 0.717) is 16.7 Å². The molecule has 0 atom stereocenters. The second kappa shape index (κ2) is 6.06. The SMILES string of the molecule is CCN(Cc1ccccc1)c1cc(F)c(Br)cc1N. The molecule has 0 saturated carbocycles. The molecule has 2 aromatic carbocycles. The van der Waals surface area contributed by atoms with E-state index in [1.54, 1.807) is 6.07 Å². The Morgan fingerprint density at radius 3 is 2.53 bits per heavy atom. The van der Waals surface area contributed by atoms with Gasteiger partial charge in [-0.2, -0.15) is 0 Å². The van der Waals surface area contributed by atoms with Crippen LogP contribution in [0, 0.1) is 5.82 Å².